The Labute approximate surface area is 75.1 Å². The van der Waals surface area contributed by atoms with Crippen LogP contribution in [0.25, 0.3) is 0 Å². The van der Waals surface area contributed by atoms with Crippen molar-refractivity contribution in [2.24, 2.45) is 5.92 Å². The first-order chi connectivity index (χ1) is 5.91. The van der Waals surface area contributed by atoms with Gasteiger partial charge in [-0.15, -0.1) is 0 Å². The predicted molar refractivity (Wildman–Crippen MR) is 42.8 cm³/mol. The molecule has 0 aliphatic carbocycles. The van der Waals surface area contributed by atoms with Crippen molar-refractivity contribution in [1.82, 2.24) is 5.32 Å². The van der Waals surface area contributed by atoms with Crippen molar-refractivity contribution in [2.75, 3.05) is 6.54 Å². The summed E-state index contributed by atoms with van der Waals surface area (Å²) in [7, 11) is 0. The summed E-state index contributed by atoms with van der Waals surface area (Å²) in [4.78, 5) is 10.3. The molecule has 76 valence electrons. The molecular weight excluding hydrogens is 180 g/mol. The number of nitrogens with one attached hydrogen (secondary N) is 1. The number of alkyl halides is 2. The first-order valence-electron chi connectivity index (χ1n) is 4.24. The summed E-state index contributed by atoms with van der Waals surface area (Å²) in [6.07, 6.45) is -0.310. The number of hydrogen-bond donors (Lipinski definition) is 2. The van der Waals surface area contributed by atoms with E-state index in [4.69, 9.17) is 5.11 Å². The summed E-state index contributed by atoms with van der Waals surface area (Å²) in [6.45, 7) is 1.34. The van der Waals surface area contributed by atoms with Crippen LogP contribution in [0.15, 0.2) is 0 Å². The zero-order valence-electron chi connectivity index (χ0n) is 7.39. The molecule has 0 spiro atoms. The Hall–Kier alpha value is -0.710. The number of carboxylic acid groups (broad SMARTS) is 1. The van der Waals surface area contributed by atoms with Crippen molar-refractivity contribution in [3.05, 3.63) is 0 Å². The van der Waals surface area contributed by atoms with Gasteiger partial charge in [-0.1, -0.05) is 6.92 Å². The van der Waals surface area contributed by atoms with Crippen LogP contribution in [0.5, 0.6) is 0 Å². The second-order valence-electron chi connectivity index (χ2n) is 3.62. The van der Waals surface area contributed by atoms with Gasteiger partial charge in [-0.2, -0.15) is 0 Å². The van der Waals surface area contributed by atoms with Crippen molar-refractivity contribution in [2.45, 2.75) is 31.7 Å². The first-order valence-corrected chi connectivity index (χ1v) is 4.24. The lowest BCUT2D eigenvalue weighted by Gasteiger charge is -2.16. The Kier molecular flexibility index (Phi) is 2.85. The maximum Gasteiger partial charge on any atom is 0.303 e. The Morgan fingerprint density at radius 2 is 2.38 bits per heavy atom. The summed E-state index contributed by atoms with van der Waals surface area (Å²) < 4.78 is 25.4. The molecule has 0 saturated carbocycles. The molecule has 0 aromatic carbocycles. The average molecular weight is 193 g/mol. The molecule has 0 amide bonds. The summed E-state index contributed by atoms with van der Waals surface area (Å²) in [5.41, 5.74) is 0. The standard InChI is InChI=1S/C8H13F2NO2/c1-5(2-7(12)13)6-3-8(9,10)4-11-6/h5-6,11H,2-4H2,1H3,(H,12,13). The lowest BCUT2D eigenvalue weighted by atomic mass is 9.96. The Morgan fingerprint density at radius 1 is 1.77 bits per heavy atom. The monoisotopic (exact) mass is 193 g/mol. The molecule has 2 atom stereocenters. The van der Waals surface area contributed by atoms with E-state index in [1.165, 1.54) is 0 Å². The van der Waals surface area contributed by atoms with Gasteiger partial charge in [0.2, 0.25) is 0 Å². The van der Waals surface area contributed by atoms with E-state index < -0.39 is 11.9 Å². The fourth-order valence-corrected chi connectivity index (χ4v) is 1.57. The molecular formula is C8H13F2NO2. The SMILES string of the molecule is CC(CC(=O)O)C1CC(F)(F)CN1. The van der Waals surface area contributed by atoms with Crippen LogP contribution in [0.4, 0.5) is 8.78 Å². The van der Waals surface area contributed by atoms with Gasteiger partial charge < -0.3 is 10.4 Å². The molecule has 1 heterocycles. The third-order valence-electron chi connectivity index (χ3n) is 2.32. The molecule has 2 N–H and O–H groups in total. The highest BCUT2D eigenvalue weighted by molar-refractivity contribution is 5.67. The van der Waals surface area contributed by atoms with Gasteiger partial charge in [-0.3, -0.25) is 4.79 Å². The quantitative estimate of drug-likeness (QED) is 0.705. The van der Waals surface area contributed by atoms with E-state index in [-0.39, 0.29) is 31.3 Å². The van der Waals surface area contributed by atoms with Crippen LogP contribution >= 0.6 is 0 Å². The molecule has 0 aromatic heterocycles. The van der Waals surface area contributed by atoms with Gasteiger partial charge in [0.15, 0.2) is 0 Å². The smallest absolute Gasteiger partial charge is 0.303 e. The second-order valence-corrected chi connectivity index (χ2v) is 3.62. The van der Waals surface area contributed by atoms with Crippen molar-refractivity contribution in [3.8, 4) is 0 Å². The second kappa shape index (κ2) is 3.57. The zero-order valence-corrected chi connectivity index (χ0v) is 7.39. The Balaban J connectivity index is 2.42. The number of aliphatic carboxylic acids is 1. The van der Waals surface area contributed by atoms with Crippen LogP contribution in [0.2, 0.25) is 0 Å². The number of carboxylic acids is 1. The molecule has 0 aromatic rings. The van der Waals surface area contributed by atoms with E-state index in [1.807, 2.05) is 0 Å². The lowest BCUT2D eigenvalue weighted by molar-refractivity contribution is -0.138. The summed E-state index contributed by atoms with van der Waals surface area (Å²) in [5, 5.41) is 11.1. The van der Waals surface area contributed by atoms with Gasteiger partial charge in [0.25, 0.3) is 5.92 Å². The van der Waals surface area contributed by atoms with Crippen LogP contribution in [0.3, 0.4) is 0 Å². The van der Waals surface area contributed by atoms with Crippen molar-refractivity contribution in [1.29, 1.82) is 0 Å². The largest absolute Gasteiger partial charge is 0.481 e. The summed E-state index contributed by atoms with van der Waals surface area (Å²) >= 11 is 0. The molecule has 0 bridgehead atoms. The third kappa shape index (κ3) is 2.91. The molecule has 1 saturated heterocycles. The summed E-state index contributed by atoms with van der Waals surface area (Å²) in [6, 6.07) is -0.369. The molecule has 1 rings (SSSR count). The van der Waals surface area contributed by atoms with E-state index in [0.29, 0.717) is 0 Å². The molecule has 1 aliphatic rings. The van der Waals surface area contributed by atoms with E-state index in [2.05, 4.69) is 5.32 Å². The number of carbonyl (C=O) groups is 1. The fourth-order valence-electron chi connectivity index (χ4n) is 1.57. The van der Waals surface area contributed by atoms with E-state index in [1.54, 1.807) is 6.92 Å². The first kappa shape index (κ1) is 10.4. The van der Waals surface area contributed by atoms with Gasteiger partial charge in [0.1, 0.15) is 0 Å². The minimum absolute atomic E-state index is 0.0618. The van der Waals surface area contributed by atoms with E-state index in [0.717, 1.165) is 0 Å². The van der Waals surface area contributed by atoms with Crippen LogP contribution in [0, 0.1) is 5.92 Å². The van der Waals surface area contributed by atoms with Crippen LogP contribution in [-0.4, -0.2) is 29.6 Å². The highest BCUT2D eigenvalue weighted by Gasteiger charge is 2.41. The molecule has 3 nitrogen and oxygen atoms in total. The number of hydrogen-bond acceptors (Lipinski definition) is 2. The van der Waals surface area contributed by atoms with Crippen LogP contribution in [0.1, 0.15) is 19.8 Å². The van der Waals surface area contributed by atoms with Gasteiger partial charge >= 0.3 is 5.97 Å². The maximum atomic E-state index is 12.7. The minimum Gasteiger partial charge on any atom is -0.481 e. The summed E-state index contributed by atoms with van der Waals surface area (Å²) in [5.74, 6) is -3.85. The third-order valence-corrected chi connectivity index (χ3v) is 2.32. The minimum atomic E-state index is -2.67. The normalized spacial score (nSPS) is 28.7. The van der Waals surface area contributed by atoms with Gasteiger partial charge in [-0.05, 0) is 5.92 Å². The molecule has 5 heteroatoms. The molecule has 1 aliphatic heterocycles. The molecule has 0 radical (unpaired) electrons. The van der Waals surface area contributed by atoms with Crippen molar-refractivity contribution >= 4 is 5.97 Å². The van der Waals surface area contributed by atoms with Crippen LogP contribution in [-0.2, 0) is 4.79 Å². The lowest BCUT2D eigenvalue weighted by Crippen LogP contribution is -2.30. The highest BCUT2D eigenvalue weighted by Crippen LogP contribution is 2.29. The topological polar surface area (TPSA) is 49.3 Å². The van der Waals surface area contributed by atoms with Crippen molar-refractivity contribution < 1.29 is 18.7 Å². The fraction of sp³-hybridized carbons (Fsp3) is 0.875. The average Bonchev–Trinajstić information content (AvgIpc) is 2.28. The van der Waals surface area contributed by atoms with Gasteiger partial charge in [0, 0.05) is 18.9 Å². The highest BCUT2D eigenvalue weighted by atomic mass is 19.3. The van der Waals surface area contributed by atoms with E-state index in [9.17, 15) is 13.6 Å². The zero-order chi connectivity index (χ0) is 10.1. The Morgan fingerprint density at radius 3 is 2.77 bits per heavy atom. The molecule has 13 heavy (non-hydrogen) atoms. The number of rotatable bonds is 3. The van der Waals surface area contributed by atoms with Gasteiger partial charge in [0.05, 0.1) is 6.54 Å². The van der Waals surface area contributed by atoms with Crippen LogP contribution < -0.4 is 5.32 Å². The molecule has 1 fully saturated rings. The maximum absolute atomic E-state index is 12.7. The van der Waals surface area contributed by atoms with Crippen molar-refractivity contribution in [3.63, 3.8) is 0 Å². The number of halogens is 2. The molecule has 2 unspecified atom stereocenters. The Bertz CT molecular complexity index is 208. The van der Waals surface area contributed by atoms with E-state index >= 15 is 0 Å². The predicted octanol–water partition coefficient (Wildman–Crippen LogP) is 1.09. The van der Waals surface area contributed by atoms with Gasteiger partial charge in [-0.25, -0.2) is 8.78 Å².